The van der Waals surface area contributed by atoms with Gasteiger partial charge in [-0.15, -0.1) is 0 Å². The quantitative estimate of drug-likeness (QED) is 0.378. The van der Waals surface area contributed by atoms with E-state index in [4.69, 9.17) is 0 Å². The Bertz CT molecular complexity index is 183. The van der Waals surface area contributed by atoms with Gasteiger partial charge in [-0.2, -0.15) is 0 Å². The third-order valence-corrected chi connectivity index (χ3v) is 4.07. The monoisotopic (exact) mass is 144 g/mol. The van der Waals surface area contributed by atoms with Crippen molar-refractivity contribution in [1.29, 1.82) is 0 Å². The highest BCUT2D eigenvalue weighted by molar-refractivity contribution is 7.91. The van der Waals surface area contributed by atoms with Crippen molar-refractivity contribution in [2.75, 3.05) is 11.5 Å². The Kier molecular flexibility index (Phi) is 1.63. The van der Waals surface area contributed by atoms with Crippen LogP contribution in [0.5, 0.6) is 0 Å². The van der Waals surface area contributed by atoms with Crippen molar-refractivity contribution in [2.24, 2.45) is 0 Å². The minimum atomic E-state index is -2.64. The van der Waals surface area contributed by atoms with Crippen molar-refractivity contribution in [3.05, 3.63) is 0 Å². The van der Waals surface area contributed by atoms with Crippen LogP contribution in [0.15, 0.2) is 0 Å². The van der Waals surface area contributed by atoms with Crippen LogP contribution in [0.1, 0.15) is 0 Å². The van der Waals surface area contributed by atoms with Crippen LogP contribution in [-0.4, -0.2) is 35.6 Å². The van der Waals surface area contributed by atoms with Crippen LogP contribution in [0.25, 0.3) is 0 Å². The summed E-state index contributed by atoms with van der Waals surface area (Å²) in [6, 6.07) is 0. The normalized spacial score (nSPS) is 40.9. The molecule has 0 aromatic heterocycles. The number of sulfone groups is 1. The first-order valence-electron chi connectivity index (χ1n) is 3.22. The lowest BCUT2D eigenvalue weighted by atomic mass is 9.69. The second-order valence-electron chi connectivity index (χ2n) is 3.03. The topological polar surface area (TPSA) is 34.1 Å². The number of rotatable bonds is 0. The third kappa shape index (κ3) is 1.51. The molecular formula is C4H10B2O2S. The first-order chi connectivity index (χ1) is 4.01. The zero-order valence-corrected chi connectivity index (χ0v) is 6.61. The highest BCUT2D eigenvalue weighted by atomic mass is 32.2. The van der Waals surface area contributed by atoms with E-state index in [0.717, 1.165) is 0 Å². The standard InChI is InChI=1S/C4H10B2O2S/c5-3-1-9(7,8)2-4(3)6/h3-4H,1-2,5-6H2/t3-,4+. The fourth-order valence-corrected chi connectivity index (χ4v) is 3.59. The van der Waals surface area contributed by atoms with Gasteiger partial charge < -0.3 is 0 Å². The maximum absolute atomic E-state index is 10.9. The predicted molar refractivity (Wildman–Crippen MR) is 43.2 cm³/mol. The molecule has 1 fully saturated rings. The van der Waals surface area contributed by atoms with Crippen LogP contribution < -0.4 is 0 Å². The van der Waals surface area contributed by atoms with Crippen LogP contribution in [0, 0.1) is 0 Å². The lowest BCUT2D eigenvalue weighted by Gasteiger charge is -2.01. The van der Waals surface area contributed by atoms with Gasteiger partial charge in [-0.1, -0.05) is 11.6 Å². The minimum Gasteiger partial charge on any atom is -0.229 e. The van der Waals surface area contributed by atoms with Gasteiger partial charge >= 0.3 is 0 Å². The molecule has 0 N–H and O–H groups in total. The van der Waals surface area contributed by atoms with Crippen LogP contribution in [0.4, 0.5) is 0 Å². The van der Waals surface area contributed by atoms with E-state index in [9.17, 15) is 8.42 Å². The largest absolute Gasteiger partial charge is 0.229 e. The molecule has 1 rings (SSSR count). The molecule has 0 saturated carbocycles. The fraction of sp³-hybridized carbons (Fsp3) is 1.00. The first kappa shape index (κ1) is 7.19. The number of hydrogen-bond acceptors (Lipinski definition) is 2. The van der Waals surface area contributed by atoms with E-state index in [1.165, 1.54) is 0 Å². The van der Waals surface area contributed by atoms with E-state index in [1.807, 2.05) is 15.7 Å². The molecule has 0 aromatic carbocycles. The van der Waals surface area contributed by atoms with E-state index in [1.54, 1.807) is 0 Å². The second-order valence-corrected chi connectivity index (χ2v) is 5.19. The van der Waals surface area contributed by atoms with Gasteiger partial charge in [0, 0.05) is 11.5 Å². The summed E-state index contributed by atoms with van der Waals surface area (Å²) in [7, 11) is 1.35. The summed E-state index contributed by atoms with van der Waals surface area (Å²) in [4.78, 5) is 0. The van der Waals surface area contributed by atoms with Gasteiger partial charge in [0.15, 0.2) is 0 Å². The predicted octanol–water partition coefficient (Wildman–Crippen LogP) is -1.74. The zero-order chi connectivity index (χ0) is 7.07. The van der Waals surface area contributed by atoms with E-state index < -0.39 is 9.84 Å². The van der Waals surface area contributed by atoms with Crippen molar-refractivity contribution in [1.82, 2.24) is 0 Å². The lowest BCUT2D eigenvalue weighted by molar-refractivity contribution is 0.602. The van der Waals surface area contributed by atoms with E-state index in [-0.39, 0.29) is 0 Å². The summed E-state index contributed by atoms with van der Waals surface area (Å²) in [6.07, 6.45) is 0. The van der Waals surface area contributed by atoms with Crippen molar-refractivity contribution >= 4 is 25.5 Å². The Labute approximate surface area is 57.8 Å². The fourth-order valence-electron chi connectivity index (χ4n) is 1.20. The van der Waals surface area contributed by atoms with Gasteiger partial charge in [0.25, 0.3) is 0 Å². The summed E-state index contributed by atoms with van der Waals surface area (Å²) in [5, 5.41) is 0. The third-order valence-electron chi connectivity index (χ3n) is 2.01. The molecule has 0 aromatic rings. The van der Waals surface area contributed by atoms with Gasteiger partial charge in [-0.25, -0.2) is 8.42 Å². The molecule has 2 atom stereocenters. The van der Waals surface area contributed by atoms with Gasteiger partial charge in [-0.05, 0) is 0 Å². The molecule has 9 heavy (non-hydrogen) atoms. The number of hydrogen-bond donors (Lipinski definition) is 0. The summed E-state index contributed by atoms with van der Waals surface area (Å²) >= 11 is 0. The molecule has 0 amide bonds. The molecule has 5 heteroatoms. The molecule has 1 heterocycles. The van der Waals surface area contributed by atoms with E-state index in [0.29, 0.717) is 23.1 Å². The average molecular weight is 144 g/mol. The Morgan fingerprint density at radius 2 is 1.44 bits per heavy atom. The van der Waals surface area contributed by atoms with Crippen molar-refractivity contribution in [3.63, 3.8) is 0 Å². The van der Waals surface area contributed by atoms with Crippen molar-refractivity contribution < 1.29 is 8.42 Å². The molecule has 0 aliphatic carbocycles. The molecule has 0 unspecified atom stereocenters. The summed E-state index contributed by atoms with van der Waals surface area (Å²) < 4.78 is 21.7. The molecule has 0 radical (unpaired) electrons. The molecule has 1 saturated heterocycles. The lowest BCUT2D eigenvalue weighted by Crippen LogP contribution is -2.01. The molecule has 0 bridgehead atoms. The minimum absolute atomic E-state index is 0.370. The SMILES string of the molecule is B[C@@H]1CS(=O)(=O)C[C@@H]1B. The molecule has 0 spiro atoms. The van der Waals surface area contributed by atoms with Gasteiger partial charge in [0.1, 0.15) is 25.5 Å². The van der Waals surface area contributed by atoms with Crippen LogP contribution in [-0.2, 0) is 9.84 Å². The molecular weight excluding hydrogens is 134 g/mol. The first-order valence-corrected chi connectivity index (χ1v) is 5.04. The van der Waals surface area contributed by atoms with Gasteiger partial charge in [0.2, 0.25) is 0 Å². The summed E-state index contributed by atoms with van der Waals surface area (Å²) in [6.45, 7) is 0. The highest BCUT2D eigenvalue weighted by Crippen LogP contribution is 2.29. The van der Waals surface area contributed by atoms with E-state index in [2.05, 4.69) is 0 Å². The molecule has 1 aliphatic rings. The van der Waals surface area contributed by atoms with Gasteiger partial charge in [-0.3, -0.25) is 0 Å². The Morgan fingerprint density at radius 3 is 1.56 bits per heavy atom. The molecule has 1 aliphatic heterocycles. The van der Waals surface area contributed by atoms with E-state index >= 15 is 0 Å². The summed E-state index contributed by atoms with van der Waals surface area (Å²) in [5.74, 6) is 1.53. The summed E-state index contributed by atoms with van der Waals surface area (Å²) in [5.41, 5.74) is 0. The van der Waals surface area contributed by atoms with Gasteiger partial charge in [0.05, 0.1) is 0 Å². The Balaban J connectivity index is 2.77. The maximum Gasteiger partial charge on any atom is 0.149 e. The van der Waals surface area contributed by atoms with Crippen LogP contribution in [0.3, 0.4) is 0 Å². The van der Waals surface area contributed by atoms with Crippen molar-refractivity contribution in [2.45, 2.75) is 11.6 Å². The highest BCUT2D eigenvalue weighted by Gasteiger charge is 2.30. The van der Waals surface area contributed by atoms with Crippen molar-refractivity contribution in [3.8, 4) is 0 Å². The Hall–Kier alpha value is 0.0799. The maximum atomic E-state index is 10.9. The Morgan fingerprint density at radius 1 is 1.11 bits per heavy atom. The van der Waals surface area contributed by atoms with Crippen LogP contribution >= 0.6 is 0 Å². The smallest absolute Gasteiger partial charge is 0.149 e. The zero-order valence-electron chi connectivity index (χ0n) is 5.79. The van der Waals surface area contributed by atoms with Crippen LogP contribution in [0.2, 0.25) is 11.6 Å². The molecule has 2 nitrogen and oxygen atoms in total. The molecule has 50 valence electrons. The second kappa shape index (κ2) is 2.04. The average Bonchev–Trinajstić information content (AvgIpc) is 1.79.